The van der Waals surface area contributed by atoms with Gasteiger partial charge in [0.15, 0.2) is 0 Å². The molecule has 18 heavy (non-hydrogen) atoms. The van der Waals surface area contributed by atoms with Crippen LogP contribution in [0.2, 0.25) is 0 Å². The summed E-state index contributed by atoms with van der Waals surface area (Å²) in [7, 11) is 0. The lowest BCUT2D eigenvalue weighted by Crippen LogP contribution is -2.17. The first-order chi connectivity index (χ1) is 8.66. The van der Waals surface area contributed by atoms with Gasteiger partial charge in [-0.2, -0.15) is 0 Å². The fraction of sp³-hybridized carbons (Fsp3) is 0.286. The number of hydrogen-bond donors (Lipinski definition) is 2. The predicted molar refractivity (Wildman–Crippen MR) is 70.4 cm³/mol. The van der Waals surface area contributed by atoms with Crippen molar-refractivity contribution in [1.82, 2.24) is 10.3 Å². The normalized spacial score (nSPS) is 10.7. The van der Waals surface area contributed by atoms with Crippen LogP contribution in [0.15, 0.2) is 30.5 Å². The zero-order valence-electron chi connectivity index (χ0n) is 10.3. The highest BCUT2D eigenvalue weighted by molar-refractivity contribution is 5.82. The summed E-state index contributed by atoms with van der Waals surface area (Å²) in [4.78, 5) is 14.7. The summed E-state index contributed by atoms with van der Waals surface area (Å²) in [5.41, 5.74) is 3.31. The second kappa shape index (κ2) is 5.60. The molecule has 0 aliphatic rings. The molecule has 1 heterocycles. The van der Waals surface area contributed by atoms with Gasteiger partial charge in [-0.15, -0.1) is 0 Å². The maximum atomic E-state index is 10.4. The predicted octanol–water partition coefficient (Wildman–Crippen LogP) is 2.11. The molecule has 1 aromatic carbocycles. The fourth-order valence-corrected chi connectivity index (χ4v) is 1.98. The van der Waals surface area contributed by atoms with Gasteiger partial charge in [-0.1, -0.05) is 12.1 Å². The minimum atomic E-state index is -0.776. The van der Waals surface area contributed by atoms with E-state index in [0.717, 1.165) is 22.0 Å². The first-order valence-electron chi connectivity index (χ1n) is 5.93. The molecule has 0 atom stereocenters. The smallest absolute Gasteiger partial charge is 0.304 e. The lowest BCUT2D eigenvalue weighted by Gasteiger charge is -2.07. The number of aromatic nitrogens is 1. The number of carboxylic acids is 1. The number of rotatable bonds is 5. The highest BCUT2D eigenvalue weighted by Crippen LogP contribution is 2.18. The van der Waals surface area contributed by atoms with Crippen molar-refractivity contribution in [1.29, 1.82) is 0 Å². The molecule has 94 valence electrons. The monoisotopic (exact) mass is 244 g/mol. The van der Waals surface area contributed by atoms with E-state index in [4.69, 9.17) is 5.11 Å². The summed E-state index contributed by atoms with van der Waals surface area (Å²) >= 11 is 0. The Kier molecular flexibility index (Phi) is 3.89. The molecule has 0 amide bonds. The van der Waals surface area contributed by atoms with E-state index in [1.807, 2.05) is 19.1 Å². The average Bonchev–Trinajstić information content (AvgIpc) is 2.35. The van der Waals surface area contributed by atoms with Crippen LogP contribution in [0.4, 0.5) is 0 Å². The molecule has 4 nitrogen and oxygen atoms in total. The molecule has 0 saturated carbocycles. The molecule has 4 heteroatoms. The molecule has 0 unspecified atom stereocenters. The molecule has 2 N–H and O–H groups in total. The zero-order valence-corrected chi connectivity index (χ0v) is 10.3. The van der Waals surface area contributed by atoms with Crippen molar-refractivity contribution in [3.63, 3.8) is 0 Å². The van der Waals surface area contributed by atoms with E-state index in [1.54, 1.807) is 6.20 Å². The second-order valence-electron chi connectivity index (χ2n) is 4.31. The molecule has 0 radical (unpaired) electrons. The Morgan fingerprint density at radius 3 is 3.06 bits per heavy atom. The van der Waals surface area contributed by atoms with Gasteiger partial charge in [0.05, 0.1) is 11.9 Å². The zero-order chi connectivity index (χ0) is 13.0. The first-order valence-corrected chi connectivity index (χ1v) is 5.93. The molecule has 1 aromatic heterocycles. The third-order valence-electron chi connectivity index (χ3n) is 2.80. The number of pyridine rings is 1. The number of fused-ring (bicyclic) bond motifs is 1. The van der Waals surface area contributed by atoms with Crippen LogP contribution in [0.1, 0.15) is 17.5 Å². The number of carbonyl (C=O) groups is 1. The molecular formula is C14H16N2O2. The Bertz CT molecular complexity index is 567. The average molecular weight is 244 g/mol. The van der Waals surface area contributed by atoms with Gasteiger partial charge in [-0.25, -0.2) is 0 Å². The van der Waals surface area contributed by atoms with Crippen molar-refractivity contribution in [2.75, 3.05) is 6.54 Å². The van der Waals surface area contributed by atoms with Crippen LogP contribution >= 0.6 is 0 Å². The minimum absolute atomic E-state index is 0.147. The van der Waals surface area contributed by atoms with Crippen molar-refractivity contribution < 1.29 is 9.90 Å². The van der Waals surface area contributed by atoms with E-state index < -0.39 is 5.97 Å². The van der Waals surface area contributed by atoms with E-state index in [2.05, 4.69) is 22.4 Å². The summed E-state index contributed by atoms with van der Waals surface area (Å²) < 4.78 is 0. The van der Waals surface area contributed by atoms with Crippen LogP contribution in [-0.2, 0) is 11.3 Å². The largest absolute Gasteiger partial charge is 0.481 e. The van der Waals surface area contributed by atoms with Crippen molar-refractivity contribution in [3.8, 4) is 0 Å². The number of aryl methyl sites for hydroxylation is 1. The maximum absolute atomic E-state index is 10.4. The molecule has 2 aromatic rings. The van der Waals surface area contributed by atoms with Crippen LogP contribution in [0, 0.1) is 6.92 Å². The van der Waals surface area contributed by atoms with E-state index in [9.17, 15) is 4.79 Å². The Balaban J connectivity index is 2.07. The second-order valence-corrected chi connectivity index (χ2v) is 4.31. The fourth-order valence-electron chi connectivity index (χ4n) is 1.98. The number of nitrogens with zero attached hydrogens (tertiary/aromatic N) is 1. The third-order valence-corrected chi connectivity index (χ3v) is 2.80. The number of nitrogens with one attached hydrogen (secondary N) is 1. The SMILES string of the molecule is Cc1cc(CNCCC(=O)O)cc2cccnc12. The van der Waals surface area contributed by atoms with Crippen molar-refractivity contribution in [2.45, 2.75) is 19.9 Å². The lowest BCUT2D eigenvalue weighted by atomic mass is 10.1. The van der Waals surface area contributed by atoms with Gasteiger partial charge in [0.2, 0.25) is 0 Å². The molecule has 0 fully saturated rings. The maximum Gasteiger partial charge on any atom is 0.304 e. The Morgan fingerprint density at radius 1 is 1.44 bits per heavy atom. The van der Waals surface area contributed by atoms with Gasteiger partial charge in [0, 0.05) is 24.7 Å². The van der Waals surface area contributed by atoms with E-state index >= 15 is 0 Å². The van der Waals surface area contributed by atoms with Crippen molar-refractivity contribution >= 4 is 16.9 Å². The van der Waals surface area contributed by atoms with Gasteiger partial charge < -0.3 is 10.4 Å². The summed E-state index contributed by atoms with van der Waals surface area (Å²) in [5.74, 6) is -0.776. The van der Waals surface area contributed by atoms with Crippen LogP contribution in [0.3, 0.4) is 0 Å². The van der Waals surface area contributed by atoms with Gasteiger partial charge in [-0.3, -0.25) is 9.78 Å². The Morgan fingerprint density at radius 2 is 2.28 bits per heavy atom. The van der Waals surface area contributed by atoms with Crippen LogP contribution in [-0.4, -0.2) is 22.6 Å². The first kappa shape index (κ1) is 12.5. The molecule has 0 spiro atoms. The van der Waals surface area contributed by atoms with Gasteiger partial charge in [0.25, 0.3) is 0 Å². The van der Waals surface area contributed by atoms with Crippen LogP contribution < -0.4 is 5.32 Å². The highest BCUT2D eigenvalue weighted by Gasteiger charge is 2.02. The van der Waals surface area contributed by atoms with Gasteiger partial charge in [-0.05, 0) is 30.2 Å². The molecule has 0 bridgehead atoms. The van der Waals surface area contributed by atoms with Crippen molar-refractivity contribution in [2.24, 2.45) is 0 Å². The topological polar surface area (TPSA) is 62.2 Å². The Hall–Kier alpha value is -1.94. The quantitative estimate of drug-likeness (QED) is 0.791. The van der Waals surface area contributed by atoms with Gasteiger partial charge >= 0.3 is 5.97 Å². The summed E-state index contributed by atoms with van der Waals surface area (Å²) in [5, 5.41) is 12.8. The number of carboxylic acid groups (broad SMARTS) is 1. The molecule has 0 aliphatic carbocycles. The lowest BCUT2D eigenvalue weighted by molar-refractivity contribution is -0.136. The van der Waals surface area contributed by atoms with Crippen molar-refractivity contribution in [3.05, 3.63) is 41.6 Å². The van der Waals surface area contributed by atoms with E-state index in [1.165, 1.54) is 0 Å². The highest BCUT2D eigenvalue weighted by atomic mass is 16.4. The van der Waals surface area contributed by atoms with E-state index in [-0.39, 0.29) is 6.42 Å². The minimum Gasteiger partial charge on any atom is -0.481 e. The number of aliphatic carboxylic acids is 1. The molecule has 0 aliphatic heterocycles. The van der Waals surface area contributed by atoms with Gasteiger partial charge in [0.1, 0.15) is 0 Å². The molecule has 2 rings (SSSR count). The summed E-state index contributed by atoms with van der Waals surface area (Å²) in [6.45, 7) is 3.20. The Labute approximate surface area is 106 Å². The number of hydrogen-bond acceptors (Lipinski definition) is 3. The molecule has 0 saturated heterocycles. The summed E-state index contributed by atoms with van der Waals surface area (Å²) in [6, 6.07) is 8.13. The standard InChI is InChI=1S/C14H16N2O2/c1-10-7-11(9-15-6-4-13(17)18)8-12-3-2-5-16-14(10)12/h2-3,5,7-8,15H,4,6,9H2,1H3,(H,17,18). The molecular weight excluding hydrogens is 228 g/mol. The summed E-state index contributed by atoms with van der Waals surface area (Å²) in [6.07, 6.45) is 1.94. The van der Waals surface area contributed by atoms with Crippen LogP contribution in [0.25, 0.3) is 10.9 Å². The van der Waals surface area contributed by atoms with E-state index in [0.29, 0.717) is 13.1 Å². The third kappa shape index (κ3) is 3.05. The van der Waals surface area contributed by atoms with Crippen LogP contribution in [0.5, 0.6) is 0 Å². The number of benzene rings is 1.